The number of aryl methyl sites for hydroxylation is 1. The number of ether oxygens (including phenoxy) is 1. The van der Waals surface area contributed by atoms with Crippen LogP contribution in [0.3, 0.4) is 0 Å². The highest BCUT2D eigenvalue weighted by Gasteiger charge is 2.21. The minimum atomic E-state index is 0.485. The molecular weight excluding hydrogens is 392 g/mol. The number of nitriles is 2. The predicted octanol–water partition coefficient (Wildman–Crippen LogP) is 7.81. The van der Waals surface area contributed by atoms with Crippen LogP contribution in [0.1, 0.15) is 88.3 Å². The summed E-state index contributed by atoms with van der Waals surface area (Å²) < 4.78 is 6.09. The van der Waals surface area contributed by atoms with Crippen LogP contribution in [0.4, 0.5) is 0 Å². The lowest BCUT2D eigenvalue weighted by Gasteiger charge is -2.28. The van der Waals surface area contributed by atoms with E-state index in [4.69, 9.17) is 4.74 Å². The molecule has 3 nitrogen and oxygen atoms in total. The summed E-state index contributed by atoms with van der Waals surface area (Å²) in [6.07, 6.45) is 12.1. The molecule has 1 saturated carbocycles. The minimum absolute atomic E-state index is 0.485. The average Bonchev–Trinajstić information content (AvgIpc) is 2.84. The van der Waals surface area contributed by atoms with Gasteiger partial charge in [-0.15, -0.1) is 0 Å². The first-order valence-corrected chi connectivity index (χ1v) is 12.4. The van der Waals surface area contributed by atoms with Gasteiger partial charge in [0.25, 0.3) is 0 Å². The number of benzene rings is 2. The molecule has 2 aromatic rings. The van der Waals surface area contributed by atoms with Gasteiger partial charge in [-0.05, 0) is 60.8 Å². The van der Waals surface area contributed by atoms with Gasteiger partial charge in [0.2, 0.25) is 0 Å². The molecule has 0 unspecified atom stereocenters. The average molecular weight is 429 g/mol. The van der Waals surface area contributed by atoms with E-state index in [1.807, 2.05) is 36.4 Å². The molecule has 0 radical (unpaired) electrons. The first-order valence-electron chi connectivity index (χ1n) is 12.4. The van der Waals surface area contributed by atoms with Gasteiger partial charge in [-0.2, -0.15) is 10.5 Å². The Morgan fingerprint density at radius 3 is 2.12 bits per heavy atom. The fourth-order valence-corrected chi connectivity index (χ4v) is 4.94. The number of hydrogen-bond acceptors (Lipinski definition) is 3. The Bertz CT molecular complexity index is 941. The van der Waals surface area contributed by atoms with Crippen molar-refractivity contribution in [3.63, 3.8) is 0 Å². The van der Waals surface area contributed by atoms with Gasteiger partial charge in [0.15, 0.2) is 0 Å². The van der Waals surface area contributed by atoms with Crippen molar-refractivity contribution < 1.29 is 4.74 Å². The number of unbranched alkanes of at least 4 members (excludes halogenated alkanes) is 2. The van der Waals surface area contributed by atoms with Crippen LogP contribution in [-0.2, 0) is 6.42 Å². The first-order chi connectivity index (χ1) is 15.7. The fourth-order valence-electron chi connectivity index (χ4n) is 4.94. The summed E-state index contributed by atoms with van der Waals surface area (Å²) in [6.45, 7) is 5.23. The van der Waals surface area contributed by atoms with Gasteiger partial charge in [-0.3, -0.25) is 0 Å². The quantitative estimate of drug-likeness (QED) is 0.362. The molecule has 0 aromatic heterocycles. The van der Waals surface area contributed by atoms with Gasteiger partial charge >= 0.3 is 0 Å². The van der Waals surface area contributed by atoms with Gasteiger partial charge in [0, 0.05) is 5.56 Å². The summed E-state index contributed by atoms with van der Waals surface area (Å²) in [6, 6.07) is 16.6. The maximum absolute atomic E-state index is 9.80. The number of hydrogen-bond donors (Lipinski definition) is 0. The highest BCUT2D eigenvalue weighted by Crippen LogP contribution is 2.33. The normalized spacial score (nSPS) is 18.0. The lowest BCUT2D eigenvalue weighted by atomic mass is 9.80. The van der Waals surface area contributed by atoms with Crippen LogP contribution in [0, 0.1) is 34.5 Å². The highest BCUT2D eigenvalue weighted by atomic mass is 16.5. The van der Waals surface area contributed by atoms with Crippen LogP contribution in [0.25, 0.3) is 11.1 Å². The molecule has 0 spiro atoms. The molecule has 0 atom stereocenters. The zero-order valence-electron chi connectivity index (χ0n) is 19.7. The van der Waals surface area contributed by atoms with Crippen molar-refractivity contribution in [2.45, 2.75) is 78.1 Å². The van der Waals surface area contributed by atoms with Crippen molar-refractivity contribution in [1.82, 2.24) is 0 Å². The van der Waals surface area contributed by atoms with E-state index in [2.05, 4.69) is 26.0 Å². The van der Waals surface area contributed by atoms with E-state index in [1.54, 1.807) is 0 Å². The molecule has 1 aliphatic carbocycles. The second-order valence-electron chi connectivity index (χ2n) is 9.21. The van der Waals surface area contributed by atoms with E-state index in [0.29, 0.717) is 17.0 Å². The Kier molecular flexibility index (Phi) is 9.18. The Morgan fingerprint density at radius 2 is 1.50 bits per heavy atom. The molecule has 2 aromatic carbocycles. The Morgan fingerprint density at radius 1 is 0.812 bits per heavy atom. The van der Waals surface area contributed by atoms with Crippen LogP contribution in [0.15, 0.2) is 36.4 Å². The standard InChI is InChI=1S/C29H36N2O/c1-3-5-6-8-24-15-18-27(29(20-31)28(24)19-30)25-13-16-26(17-14-25)32-21-23-11-9-22(7-4-2)10-12-23/h13-18,22-23H,3-12,21H2,1-2H3/t22-,23-. The third kappa shape index (κ3) is 6.14. The Labute approximate surface area is 194 Å². The smallest absolute Gasteiger partial charge is 0.119 e. The molecule has 0 bridgehead atoms. The van der Waals surface area contributed by atoms with E-state index < -0.39 is 0 Å². The topological polar surface area (TPSA) is 56.8 Å². The maximum Gasteiger partial charge on any atom is 0.119 e. The molecule has 1 fully saturated rings. The molecule has 0 N–H and O–H groups in total. The van der Waals surface area contributed by atoms with Crippen LogP contribution >= 0.6 is 0 Å². The summed E-state index contributed by atoms with van der Waals surface area (Å²) in [4.78, 5) is 0. The lowest BCUT2D eigenvalue weighted by molar-refractivity contribution is 0.178. The predicted molar refractivity (Wildman–Crippen MR) is 130 cm³/mol. The van der Waals surface area contributed by atoms with Crippen molar-refractivity contribution >= 4 is 0 Å². The van der Waals surface area contributed by atoms with Gasteiger partial charge in [-0.1, -0.05) is 76.6 Å². The van der Waals surface area contributed by atoms with Crippen molar-refractivity contribution in [2.24, 2.45) is 11.8 Å². The van der Waals surface area contributed by atoms with Crippen molar-refractivity contribution in [2.75, 3.05) is 6.61 Å². The van der Waals surface area contributed by atoms with Crippen LogP contribution < -0.4 is 4.74 Å². The van der Waals surface area contributed by atoms with Gasteiger partial charge in [-0.25, -0.2) is 0 Å². The summed E-state index contributed by atoms with van der Waals surface area (Å²) >= 11 is 0. The maximum atomic E-state index is 9.80. The molecular formula is C29H36N2O. The van der Waals surface area contributed by atoms with Gasteiger partial charge < -0.3 is 4.74 Å². The van der Waals surface area contributed by atoms with E-state index in [0.717, 1.165) is 60.6 Å². The molecule has 1 aliphatic rings. The monoisotopic (exact) mass is 428 g/mol. The SMILES string of the molecule is CCCCCc1ccc(-c2ccc(OC[C@H]3CC[C@H](CCC)CC3)cc2)c(C#N)c1C#N. The molecule has 168 valence electrons. The van der Waals surface area contributed by atoms with Crippen LogP contribution in [0.5, 0.6) is 5.75 Å². The highest BCUT2D eigenvalue weighted by molar-refractivity contribution is 5.75. The second-order valence-corrected chi connectivity index (χ2v) is 9.21. The summed E-state index contributed by atoms with van der Waals surface area (Å²) in [5.41, 5.74) is 3.77. The first kappa shape index (κ1) is 23.9. The lowest BCUT2D eigenvalue weighted by Crippen LogP contribution is -2.20. The molecule has 0 amide bonds. The van der Waals surface area contributed by atoms with E-state index in [9.17, 15) is 10.5 Å². The van der Waals surface area contributed by atoms with Crippen LogP contribution in [0.2, 0.25) is 0 Å². The number of rotatable bonds is 10. The Hall–Kier alpha value is -2.78. The third-order valence-electron chi connectivity index (χ3n) is 6.88. The van der Waals surface area contributed by atoms with Crippen molar-refractivity contribution in [1.29, 1.82) is 10.5 Å². The van der Waals surface area contributed by atoms with Crippen molar-refractivity contribution in [3.05, 3.63) is 53.1 Å². The van der Waals surface area contributed by atoms with Gasteiger partial charge in [0.1, 0.15) is 17.9 Å². The van der Waals surface area contributed by atoms with Crippen molar-refractivity contribution in [3.8, 4) is 29.0 Å². The minimum Gasteiger partial charge on any atom is -0.493 e. The zero-order valence-corrected chi connectivity index (χ0v) is 19.7. The molecule has 0 saturated heterocycles. The van der Waals surface area contributed by atoms with E-state index in [-0.39, 0.29) is 0 Å². The molecule has 32 heavy (non-hydrogen) atoms. The molecule has 0 heterocycles. The second kappa shape index (κ2) is 12.3. The molecule has 3 rings (SSSR count). The molecule has 3 heteroatoms. The van der Waals surface area contributed by atoms with Gasteiger partial charge in [0.05, 0.1) is 17.7 Å². The van der Waals surface area contributed by atoms with E-state index >= 15 is 0 Å². The number of nitrogens with zero attached hydrogens (tertiary/aromatic N) is 2. The Balaban J connectivity index is 1.65. The van der Waals surface area contributed by atoms with Crippen LogP contribution in [-0.4, -0.2) is 6.61 Å². The zero-order chi connectivity index (χ0) is 22.8. The molecule has 0 aliphatic heterocycles. The van der Waals surface area contributed by atoms with E-state index in [1.165, 1.54) is 38.5 Å². The summed E-state index contributed by atoms with van der Waals surface area (Å²) in [5.74, 6) is 2.45. The largest absolute Gasteiger partial charge is 0.493 e. The third-order valence-corrected chi connectivity index (χ3v) is 6.88. The summed E-state index contributed by atoms with van der Waals surface area (Å²) in [7, 11) is 0. The fraction of sp³-hybridized carbons (Fsp3) is 0.517. The summed E-state index contributed by atoms with van der Waals surface area (Å²) in [5, 5.41) is 19.5.